The Bertz CT molecular complexity index is 432. The van der Waals surface area contributed by atoms with Crippen LogP contribution in [0.15, 0.2) is 24.3 Å². The van der Waals surface area contributed by atoms with Gasteiger partial charge in [0.2, 0.25) is 0 Å². The molecule has 0 saturated carbocycles. The van der Waals surface area contributed by atoms with E-state index in [9.17, 15) is 0 Å². The summed E-state index contributed by atoms with van der Waals surface area (Å²) in [6.07, 6.45) is 2.65. The number of hydrogen-bond donors (Lipinski definition) is 0. The Kier molecular flexibility index (Phi) is 2.53. The quantitative estimate of drug-likeness (QED) is 0.733. The van der Waals surface area contributed by atoms with Gasteiger partial charge in [-0.05, 0) is 44.2 Å². The largest absolute Gasteiger partial charge is 0.368 e. The smallest absolute Gasteiger partial charge is 0.0991 e. The fourth-order valence-electron chi connectivity index (χ4n) is 3.07. The normalized spacial score (nSPS) is 28.1. The summed E-state index contributed by atoms with van der Waals surface area (Å²) in [4.78, 5) is 4.99. The van der Waals surface area contributed by atoms with Gasteiger partial charge in [0.25, 0.3) is 0 Å². The number of likely N-dealkylation sites (N-methyl/N-ethyl adjacent to an activating group) is 1. The summed E-state index contributed by atoms with van der Waals surface area (Å²) >= 11 is 0. The highest BCUT2D eigenvalue weighted by Gasteiger charge is 2.37. The topological polar surface area (TPSA) is 30.3 Å². The van der Waals surface area contributed by atoms with Gasteiger partial charge < -0.3 is 4.90 Å². The molecule has 2 aliphatic heterocycles. The van der Waals surface area contributed by atoms with Crippen molar-refractivity contribution in [1.82, 2.24) is 4.90 Å². The van der Waals surface area contributed by atoms with Crippen LogP contribution < -0.4 is 4.90 Å². The first-order chi connectivity index (χ1) is 8.28. The fraction of sp³-hybridized carbons (Fsp3) is 0.500. The van der Waals surface area contributed by atoms with Gasteiger partial charge in [-0.3, -0.25) is 4.90 Å². The summed E-state index contributed by atoms with van der Waals surface area (Å²) in [6.45, 7) is 2.25. The zero-order chi connectivity index (χ0) is 11.8. The van der Waals surface area contributed by atoms with E-state index in [1.807, 2.05) is 12.1 Å². The van der Waals surface area contributed by atoms with Gasteiger partial charge in [-0.15, -0.1) is 0 Å². The first-order valence-electron chi connectivity index (χ1n) is 6.25. The molecule has 1 aromatic carbocycles. The molecule has 3 heteroatoms. The average molecular weight is 227 g/mol. The maximum absolute atomic E-state index is 8.80. The number of piperazine rings is 1. The van der Waals surface area contributed by atoms with Crippen LogP contribution >= 0.6 is 0 Å². The third-order valence-electron chi connectivity index (χ3n) is 4.21. The van der Waals surface area contributed by atoms with Gasteiger partial charge in [0.05, 0.1) is 11.6 Å². The van der Waals surface area contributed by atoms with E-state index in [0.29, 0.717) is 12.1 Å². The Hall–Kier alpha value is -1.53. The summed E-state index contributed by atoms with van der Waals surface area (Å²) in [7, 11) is 2.25. The molecule has 2 aliphatic rings. The minimum absolute atomic E-state index is 0.712. The molecule has 2 unspecified atom stereocenters. The van der Waals surface area contributed by atoms with Crippen molar-refractivity contribution in [1.29, 1.82) is 5.26 Å². The van der Waals surface area contributed by atoms with Gasteiger partial charge in [0, 0.05) is 30.9 Å². The molecule has 0 aliphatic carbocycles. The molecular formula is C14H17N3. The van der Waals surface area contributed by atoms with Crippen LogP contribution in [0.2, 0.25) is 0 Å². The number of anilines is 1. The molecule has 2 atom stereocenters. The molecule has 1 aromatic rings. The van der Waals surface area contributed by atoms with E-state index < -0.39 is 0 Å². The molecule has 0 spiro atoms. The molecule has 0 N–H and O–H groups in total. The number of fused-ring (bicyclic) bond motifs is 2. The zero-order valence-corrected chi connectivity index (χ0v) is 10.1. The minimum atomic E-state index is 0.712. The van der Waals surface area contributed by atoms with Gasteiger partial charge in [-0.25, -0.2) is 0 Å². The summed E-state index contributed by atoms with van der Waals surface area (Å²) in [5.74, 6) is 0. The second-order valence-electron chi connectivity index (χ2n) is 5.11. The Morgan fingerprint density at radius 2 is 1.71 bits per heavy atom. The number of benzene rings is 1. The molecule has 2 saturated heterocycles. The molecule has 88 valence electrons. The minimum Gasteiger partial charge on any atom is -0.368 e. The molecule has 3 nitrogen and oxygen atoms in total. The van der Waals surface area contributed by atoms with Crippen molar-refractivity contribution in [2.45, 2.75) is 24.9 Å². The molecule has 3 rings (SSSR count). The Morgan fingerprint density at radius 1 is 1.12 bits per heavy atom. The maximum atomic E-state index is 8.80. The fourth-order valence-corrected chi connectivity index (χ4v) is 3.07. The number of rotatable bonds is 1. The van der Waals surface area contributed by atoms with E-state index in [1.165, 1.54) is 18.5 Å². The van der Waals surface area contributed by atoms with Crippen LogP contribution in [-0.2, 0) is 0 Å². The third kappa shape index (κ3) is 1.79. The van der Waals surface area contributed by atoms with E-state index in [4.69, 9.17) is 5.26 Å². The Labute approximate surface area is 102 Å². The van der Waals surface area contributed by atoms with E-state index in [-0.39, 0.29) is 0 Å². The highest BCUT2D eigenvalue weighted by molar-refractivity contribution is 5.50. The number of nitriles is 1. The first-order valence-corrected chi connectivity index (χ1v) is 6.25. The summed E-state index contributed by atoms with van der Waals surface area (Å²) in [6, 6.07) is 11.6. The van der Waals surface area contributed by atoms with E-state index in [0.717, 1.165) is 18.7 Å². The molecule has 0 amide bonds. The van der Waals surface area contributed by atoms with E-state index in [1.54, 1.807) is 0 Å². The molecule has 0 radical (unpaired) electrons. The van der Waals surface area contributed by atoms with Crippen molar-refractivity contribution >= 4 is 5.69 Å². The van der Waals surface area contributed by atoms with Crippen LogP contribution in [0.3, 0.4) is 0 Å². The summed E-state index contributed by atoms with van der Waals surface area (Å²) in [5.41, 5.74) is 2.00. The second-order valence-corrected chi connectivity index (χ2v) is 5.11. The molecule has 2 fully saturated rings. The van der Waals surface area contributed by atoms with Crippen molar-refractivity contribution in [2.75, 3.05) is 25.0 Å². The first kappa shape index (κ1) is 10.6. The highest BCUT2D eigenvalue weighted by atomic mass is 15.3. The van der Waals surface area contributed by atoms with E-state index >= 15 is 0 Å². The van der Waals surface area contributed by atoms with Crippen molar-refractivity contribution in [3.8, 4) is 6.07 Å². The molecule has 0 aromatic heterocycles. The predicted octanol–water partition coefficient (Wildman–Crippen LogP) is 1.84. The lowest BCUT2D eigenvalue weighted by molar-refractivity contribution is 0.212. The number of hydrogen-bond acceptors (Lipinski definition) is 3. The van der Waals surface area contributed by atoms with Gasteiger partial charge in [-0.1, -0.05) is 0 Å². The van der Waals surface area contributed by atoms with Crippen molar-refractivity contribution in [2.24, 2.45) is 0 Å². The highest BCUT2D eigenvalue weighted by Crippen LogP contribution is 2.31. The standard InChI is InChI=1S/C14H17N3/c1-16-13-6-7-14(16)10-17(9-13)12-4-2-11(8-15)3-5-12/h2-5,13-14H,6-7,9-10H2,1H3. The monoisotopic (exact) mass is 227 g/mol. The molecule has 17 heavy (non-hydrogen) atoms. The molecule has 2 heterocycles. The molecule has 2 bridgehead atoms. The molecular weight excluding hydrogens is 210 g/mol. The van der Waals surface area contributed by atoms with Gasteiger partial charge in [0.1, 0.15) is 0 Å². The van der Waals surface area contributed by atoms with Gasteiger partial charge >= 0.3 is 0 Å². The zero-order valence-electron chi connectivity index (χ0n) is 10.1. The summed E-state index contributed by atoms with van der Waals surface area (Å²) in [5, 5.41) is 8.80. The van der Waals surface area contributed by atoms with Crippen molar-refractivity contribution in [3.05, 3.63) is 29.8 Å². The lowest BCUT2D eigenvalue weighted by atomic mass is 10.1. The Morgan fingerprint density at radius 3 is 2.24 bits per heavy atom. The van der Waals surface area contributed by atoms with Crippen LogP contribution in [0, 0.1) is 11.3 Å². The predicted molar refractivity (Wildman–Crippen MR) is 67.9 cm³/mol. The second kappa shape index (κ2) is 4.05. The number of nitrogens with zero attached hydrogens (tertiary/aromatic N) is 3. The Balaban J connectivity index is 1.79. The van der Waals surface area contributed by atoms with Crippen LogP contribution in [0.5, 0.6) is 0 Å². The maximum Gasteiger partial charge on any atom is 0.0991 e. The third-order valence-corrected chi connectivity index (χ3v) is 4.21. The van der Waals surface area contributed by atoms with Crippen molar-refractivity contribution < 1.29 is 0 Å². The van der Waals surface area contributed by atoms with Crippen LogP contribution in [0.1, 0.15) is 18.4 Å². The van der Waals surface area contributed by atoms with Crippen LogP contribution in [-0.4, -0.2) is 37.1 Å². The average Bonchev–Trinajstić information content (AvgIpc) is 2.61. The van der Waals surface area contributed by atoms with Crippen LogP contribution in [0.4, 0.5) is 5.69 Å². The van der Waals surface area contributed by atoms with Crippen molar-refractivity contribution in [3.63, 3.8) is 0 Å². The van der Waals surface area contributed by atoms with E-state index in [2.05, 4.69) is 35.0 Å². The van der Waals surface area contributed by atoms with Gasteiger partial charge in [0.15, 0.2) is 0 Å². The van der Waals surface area contributed by atoms with Crippen LogP contribution in [0.25, 0.3) is 0 Å². The SMILES string of the molecule is CN1C2CCC1CN(c1ccc(C#N)cc1)C2. The summed E-state index contributed by atoms with van der Waals surface area (Å²) < 4.78 is 0. The lowest BCUT2D eigenvalue weighted by Crippen LogP contribution is -2.52. The van der Waals surface area contributed by atoms with Gasteiger partial charge in [-0.2, -0.15) is 5.26 Å². The lowest BCUT2D eigenvalue weighted by Gasteiger charge is -2.40.